The minimum Gasteiger partial charge on any atom is -0.497 e. The number of amides is 2. The summed E-state index contributed by atoms with van der Waals surface area (Å²) in [5.41, 5.74) is 1.26. The normalized spacial score (nSPS) is 19.4. The molecule has 3 atom stereocenters. The van der Waals surface area contributed by atoms with Gasteiger partial charge in [-0.25, -0.2) is 13.2 Å². The van der Waals surface area contributed by atoms with Crippen LogP contribution in [0.25, 0.3) is 0 Å². The van der Waals surface area contributed by atoms with Crippen LogP contribution in [0.2, 0.25) is 0 Å². The van der Waals surface area contributed by atoms with Crippen molar-refractivity contribution < 1.29 is 27.8 Å². The zero-order valence-corrected chi connectivity index (χ0v) is 23.4. The molecule has 2 aromatic carbocycles. The number of rotatable bonds is 7. The van der Waals surface area contributed by atoms with Gasteiger partial charge in [-0.2, -0.15) is 4.31 Å². The molecule has 10 heteroatoms. The maximum atomic E-state index is 13.6. The highest BCUT2D eigenvalue weighted by Gasteiger charge is 2.38. The lowest BCUT2D eigenvalue weighted by Gasteiger charge is -2.37. The molecule has 2 amide bonds. The van der Waals surface area contributed by atoms with E-state index in [1.54, 1.807) is 57.5 Å². The molecule has 0 spiro atoms. The summed E-state index contributed by atoms with van der Waals surface area (Å²) in [6, 6.07) is 10.8. The van der Waals surface area contributed by atoms with E-state index in [0.717, 1.165) is 12.8 Å². The molecule has 9 nitrogen and oxygen atoms in total. The second-order valence-corrected chi connectivity index (χ2v) is 11.4. The molecule has 0 aliphatic carbocycles. The van der Waals surface area contributed by atoms with Crippen LogP contribution >= 0.6 is 0 Å². The molecular formula is C28H37N3O6S. The Hall–Kier alpha value is -3.26. The number of hydrogen-bond acceptors (Lipinski definition) is 6. The maximum absolute atomic E-state index is 13.6. The number of anilines is 1. The minimum atomic E-state index is -3.95. The molecule has 0 saturated heterocycles. The summed E-state index contributed by atoms with van der Waals surface area (Å²) >= 11 is 0. The van der Waals surface area contributed by atoms with E-state index in [1.165, 1.54) is 15.3 Å². The predicted octanol–water partition coefficient (Wildman–Crippen LogP) is 3.78. The van der Waals surface area contributed by atoms with Crippen molar-refractivity contribution in [2.75, 3.05) is 39.2 Å². The van der Waals surface area contributed by atoms with E-state index in [9.17, 15) is 18.3 Å². The standard InChI is InChI=1S/C28H37N3O6S/c1-6-7-8-9-22-10-15-27-25(16-22)37-26(20(2)17-31(21(3)19-32)38(27,34)35)18-30(4)28(33)29-23-11-13-24(36-5)14-12-23/h10-16,20-21,26,32H,6-7,17-19H2,1-5H3,(H,29,33)/t20-,21+,26+/m0/s1. The summed E-state index contributed by atoms with van der Waals surface area (Å²) in [5, 5.41) is 12.7. The van der Waals surface area contributed by atoms with Crippen LogP contribution < -0.4 is 14.8 Å². The number of aliphatic hydroxyl groups excluding tert-OH is 1. The van der Waals surface area contributed by atoms with Crippen LogP contribution in [0, 0.1) is 17.8 Å². The van der Waals surface area contributed by atoms with E-state index in [-0.39, 0.29) is 42.3 Å². The Bertz CT molecular complexity index is 1270. The van der Waals surface area contributed by atoms with Gasteiger partial charge in [0.15, 0.2) is 0 Å². The lowest BCUT2D eigenvalue weighted by atomic mass is 10.0. The van der Waals surface area contributed by atoms with Crippen molar-refractivity contribution in [1.82, 2.24) is 9.21 Å². The molecule has 3 rings (SSSR count). The number of urea groups is 1. The summed E-state index contributed by atoms with van der Waals surface area (Å²) in [4.78, 5) is 14.5. The van der Waals surface area contributed by atoms with Gasteiger partial charge < -0.3 is 24.8 Å². The van der Waals surface area contributed by atoms with Crippen LogP contribution in [0.1, 0.15) is 39.2 Å². The number of carbonyl (C=O) groups is 1. The van der Waals surface area contributed by atoms with Crippen molar-refractivity contribution in [3.8, 4) is 23.3 Å². The number of carbonyl (C=O) groups excluding carboxylic acids is 1. The maximum Gasteiger partial charge on any atom is 0.321 e. The van der Waals surface area contributed by atoms with Gasteiger partial charge in [0.25, 0.3) is 0 Å². The molecule has 2 aromatic rings. The number of benzene rings is 2. The van der Waals surface area contributed by atoms with E-state index in [2.05, 4.69) is 17.2 Å². The van der Waals surface area contributed by atoms with Gasteiger partial charge in [-0.3, -0.25) is 0 Å². The third-order valence-electron chi connectivity index (χ3n) is 6.42. The van der Waals surface area contributed by atoms with Crippen LogP contribution in [-0.4, -0.2) is 74.8 Å². The number of nitrogens with one attached hydrogen (secondary N) is 1. The van der Waals surface area contributed by atoms with Crippen molar-refractivity contribution in [2.24, 2.45) is 5.92 Å². The molecule has 0 bridgehead atoms. The Kier molecular flexibility index (Phi) is 10.0. The van der Waals surface area contributed by atoms with Gasteiger partial charge in [0.05, 0.1) is 20.3 Å². The number of aliphatic hydroxyl groups is 1. The molecule has 0 saturated carbocycles. The lowest BCUT2D eigenvalue weighted by Crippen LogP contribution is -2.50. The Balaban J connectivity index is 1.91. The van der Waals surface area contributed by atoms with E-state index in [0.29, 0.717) is 17.0 Å². The van der Waals surface area contributed by atoms with Crippen molar-refractivity contribution >= 4 is 21.7 Å². The number of nitrogens with zero attached hydrogens (tertiary/aromatic N) is 2. The van der Waals surface area contributed by atoms with Gasteiger partial charge >= 0.3 is 6.03 Å². The van der Waals surface area contributed by atoms with Gasteiger partial charge in [-0.05, 0) is 55.8 Å². The third kappa shape index (κ3) is 6.98. The number of likely N-dealkylation sites (N-methyl/N-ethyl adjacent to an activating group) is 1. The van der Waals surface area contributed by atoms with Crippen LogP contribution in [0.15, 0.2) is 47.4 Å². The number of ether oxygens (including phenoxy) is 2. The molecule has 1 aliphatic heterocycles. The SMILES string of the molecule is CCCC#Cc1ccc2c(c1)O[C@H](CN(C)C(=O)Nc1ccc(OC)cc1)[C@@H](C)CN([C@H](C)CO)S2(=O)=O. The molecule has 0 unspecified atom stereocenters. The smallest absolute Gasteiger partial charge is 0.321 e. The lowest BCUT2D eigenvalue weighted by molar-refractivity contribution is 0.0830. The van der Waals surface area contributed by atoms with Gasteiger partial charge in [0, 0.05) is 43.2 Å². The second-order valence-electron chi connectivity index (χ2n) is 9.49. The Morgan fingerprint density at radius 3 is 2.63 bits per heavy atom. The average molecular weight is 544 g/mol. The Morgan fingerprint density at radius 1 is 1.29 bits per heavy atom. The zero-order chi connectivity index (χ0) is 27.9. The monoisotopic (exact) mass is 543 g/mol. The fourth-order valence-electron chi connectivity index (χ4n) is 4.06. The molecule has 0 fully saturated rings. The fraction of sp³-hybridized carbons (Fsp3) is 0.464. The Morgan fingerprint density at radius 2 is 2.00 bits per heavy atom. The summed E-state index contributed by atoms with van der Waals surface area (Å²) < 4.78 is 40.0. The summed E-state index contributed by atoms with van der Waals surface area (Å²) in [6.07, 6.45) is 1.12. The van der Waals surface area contributed by atoms with Crippen molar-refractivity contribution in [3.05, 3.63) is 48.0 Å². The quantitative estimate of drug-likeness (QED) is 0.515. The van der Waals surface area contributed by atoms with Gasteiger partial charge in [-0.15, -0.1) is 0 Å². The van der Waals surface area contributed by atoms with Crippen molar-refractivity contribution in [2.45, 2.75) is 50.7 Å². The molecule has 2 N–H and O–H groups in total. The first-order valence-corrected chi connectivity index (χ1v) is 14.1. The second kappa shape index (κ2) is 13.0. The summed E-state index contributed by atoms with van der Waals surface area (Å²) in [6.45, 7) is 5.59. The van der Waals surface area contributed by atoms with Crippen LogP contribution in [0.3, 0.4) is 0 Å². The number of hydrogen-bond donors (Lipinski definition) is 2. The highest BCUT2D eigenvalue weighted by molar-refractivity contribution is 7.89. The van der Waals surface area contributed by atoms with Crippen LogP contribution in [0.5, 0.6) is 11.5 Å². The van der Waals surface area contributed by atoms with Crippen molar-refractivity contribution in [3.63, 3.8) is 0 Å². The molecule has 1 aliphatic rings. The predicted molar refractivity (Wildman–Crippen MR) is 147 cm³/mol. The zero-order valence-electron chi connectivity index (χ0n) is 22.6. The molecule has 38 heavy (non-hydrogen) atoms. The Labute approximate surface area is 225 Å². The highest BCUT2D eigenvalue weighted by Crippen LogP contribution is 2.34. The van der Waals surface area contributed by atoms with Gasteiger partial charge in [0.1, 0.15) is 22.5 Å². The number of fused-ring (bicyclic) bond motifs is 1. The first-order valence-electron chi connectivity index (χ1n) is 12.7. The molecule has 0 radical (unpaired) electrons. The topological polar surface area (TPSA) is 108 Å². The van der Waals surface area contributed by atoms with E-state index in [4.69, 9.17) is 9.47 Å². The third-order valence-corrected chi connectivity index (χ3v) is 8.44. The van der Waals surface area contributed by atoms with E-state index >= 15 is 0 Å². The molecule has 0 aromatic heterocycles. The average Bonchev–Trinajstić information content (AvgIpc) is 2.90. The first-order chi connectivity index (χ1) is 18.1. The van der Waals surface area contributed by atoms with Gasteiger partial charge in [0.2, 0.25) is 10.0 Å². The summed E-state index contributed by atoms with van der Waals surface area (Å²) in [5.74, 6) is 6.71. The molecular weight excluding hydrogens is 506 g/mol. The van der Waals surface area contributed by atoms with E-state index in [1.807, 2.05) is 13.8 Å². The van der Waals surface area contributed by atoms with Crippen molar-refractivity contribution in [1.29, 1.82) is 0 Å². The fourth-order valence-corrected chi connectivity index (χ4v) is 5.88. The van der Waals surface area contributed by atoms with E-state index < -0.39 is 22.2 Å². The largest absolute Gasteiger partial charge is 0.497 e. The van der Waals surface area contributed by atoms with Crippen LogP contribution in [0.4, 0.5) is 10.5 Å². The molecule has 1 heterocycles. The molecule has 206 valence electrons. The minimum absolute atomic E-state index is 0.0149. The summed E-state index contributed by atoms with van der Waals surface area (Å²) in [7, 11) is -0.714. The number of sulfonamides is 1. The van der Waals surface area contributed by atoms with Gasteiger partial charge in [-0.1, -0.05) is 25.7 Å². The highest BCUT2D eigenvalue weighted by atomic mass is 32.2. The number of methoxy groups -OCH3 is 1. The number of unbranched alkanes of at least 4 members (excludes halogenated alkanes) is 1. The van der Waals surface area contributed by atoms with Crippen LogP contribution in [-0.2, 0) is 10.0 Å². The first kappa shape index (κ1) is 29.3.